The van der Waals surface area contributed by atoms with Crippen LogP contribution in [0.1, 0.15) is 11.3 Å². The normalized spacial score (nSPS) is 11.1. The predicted octanol–water partition coefficient (Wildman–Crippen LogP) is 3.43. The average molecular weight is 407 g/mol. The smallest absolute Gasteiger partial charge is 0.422 e. The monoisotopic (exact) mass is 406 g/mol. The number of furan rings is 1. The van der Waals surface area contributed by atoms with E-state index in [4.69, 9.17) is 9.15 Å². The highest BCUT2D eigenvalue weighted by atomic mass is 35.5. The number of alkyl halides is 3. The van der Waals surface area contributed by atoms with Crippen LogP contribution in [0, 0.1) is 0 Å². The molecule has 0 radical (unpaired) electrons. The van der Waals surface area contributed by atoms with Gasteiger partial charge in [0.1, 0.15) is 11.5 Å². The third-order valence-corrected chi connectivity index (χ3v) is 3.62. The molecule has 1 N–H and O–H groups in total. The molecule has 0 aliphatic heterocycles. The molecule has 0 aliphatic carbocycles. The van der Waals surface area contributed by atoms with Crippen molar-refractivity contribution in [2.24, 2.45) is 0 Å². The van der Waals surface area contributed by atoms with Gasteiger partial charge in [-0.2, -0.15) is 13.2 Å². The fourth-order valence-electron chi connectivity index (χ4n) is 2.36. The van der Waals surface area contributed by atoms with Gasteiger partial charge in [-0.15, -0.1) is 12.4 Å². The Bertz CT molecular complexity index is 693. The van der Waals surface area contributed by atoms with Gasteiger partial charge in [0.05, 0.1) is 19.4 Å². The second kappa shape index (κ2) is 10.8. The van der Waals surface area contributed by atoms with Crippen LogP contribution in [0.4, 0.5) is 13.2 Å². The summed E-state index contributed by atoms with van der Waals surface area (Å²) in [5.41, 5.74) is 0.825. The quantitative estimate of drug-likeness (QED) is 0.693. The first kappa shape index (κ1) is 22.9. The van der Waals surface area contributed by atoms with Gasteiger partial charge in [0.15, 0.2) is 6.61 Å². The fraction of sp³-hybridized carbons (Fsp3) is 0.389. The lowest BCUT2D eigenvalue weighted by molar-refractivity contribution is -0.153. The number of halogens is 4. The Kier molecular flexibility index (Phi) is 9.17. The minimum Gasteiger partial charge on any atom is -0.484 e. The number of hydrogen-bond donors (Lipinski definition) is 1. The molecule has 0 saturated heterocycles. The van der Waals surface area contributed by atoms with Crippen LogP contribution in [0.25, 0.3) is 0 Å². The summed E-state index contributed by atoms with van der Waals surface area (Å²) < 4.78 is 46.8. The molecule has 0 atom stereocenters. The number of likely N-dealkylation sites (N-methyl/N-ethyl adjacent to an activating group) is 1. The molecule has 0 unspecified atom stereocenters. The summed E-state index contributed by atoms with van der Waals surface area (Å²) >= 11 is 0. The molecule has 0 spiro atoms. The van der Waals surface area contributed by atoms with E-state index < -0.39 is 12.8 Å². The van der Waals surface area contributed by atoms with Gasteiger partial charge in [0.2, 0.25) is 5.91 Å². The first-order valence-corrected chi connectivity index (χ1v) is 8.09. The third kappa shape index (κ3) is 8.83. The number of nitrogens with zero attached hydrogens (tertiary/aromatic N) is 1. The lowest BCUT2D eigenvalue weighted by Gasteiger charge is -2.20. The van der Waals surface area contributed by atoms with Crippen LogP contribution in [-0.4, -0.2) is 43.7 Å². The van der Waals surface area contributed by atoms with Gasteiger partial charge in [0.25, 0.3) is 0 Å². The molecule has 0 fully saturated rings. The lowest BCUT2D eigenvalue weighted by atomic mass is 10.1. The molecule has 1 heterocycles. The molecule has 0 saturated carbocycles. The van der Waals surface area contributed by atoms with E-state index in [1.165, 1.54) is 6.07 Å². The summed E-state index contributed by atoms with van der Waals surface area (Å²) in [7, 11) is 1.56. The lowest BCUT2D eigenvalue weighted by Crippen LogP contribution is -2.36. The highest BCUT2D eigenvalue weighted by molar-refractivity contribution is 5.85. The Balaban J connectivity index is 0.00000364. The number of hydrogen-bond acceptors (Lipinski definition) is 4. The molecule has 27 heavy (non-hydrogen) atoms. The standard InChI is InChI=1S/C18H21F3N2O3.ClH/c1-22-17(24)12-23(11-16-6-3-9-25-16)8-7-14-4-2-5-15(10-14)26-13-18(19,20)21;/h2-6,9-10H,7-8,11-13H2,1H3,(H,22,24);1H. The molecular formula is C18H22ClF3N2O3. The number of nitrogens with one attached hydrogen (secondary N) is 1. The highest BCUT2D eigenvalue weighted by Gasteiger charge is 2.28. The van der Waals surface area contributed by atoms with Crippen LogP contribution in [0.5, 0.6) is 5.75 Å². The first-order valence-electron chi connectivity index (χ1n) is 8.09. The average Bonchev–Trinajstić information content (AvgIpc) is 3.10. The van der Waals surface area contributed by atoms with Gasteiger partial charge in [-0.25, -0.2) is 0 Å². The predicted molar refractivity (Wildman–Crippen MR) is 97.0 cm³/mol. The Hall–Kier alpha value is -2.19. The van der Waals surface area contributed by atoms with Crippen LogP contribution in [0.2, 0.25) is 0 Å². The molecule has 1 aromatic carbocycles. The zero-order chi connectivity index (χ0) is 19.0. The van der Waals surface area contributed by atoms with Crippen molar-refractivity contribution in [2.75, 3.05) is 26.7 Å². The molecule has 2 rings (SSSR count). The molecule has 2 aromatic rings. The van der Waals surface area contributed by atoms with Crippen molar-refractivity contribution in [2.45, 2.75) is 19.1 Å². The molecule has 0 bridgehead atoms. The van der Waals surface area contributed by atoms with E-state index >= 15 is 0 Å². The van der Waals surface area contributed by atoms with Crippen LogP contribution in [0.15, 0.2) is 47.1 Å². The maximum Gasteiger partial charge on any atom is 0.422 e. The summed E-state index contributed by atoms with van der Waals surface area (Å²) in [4.78, 5) is 13.6. The van der Waals surface area contributed by atoms with E-state index in [1.54, 1.807) is 31.5 Å². The molecule has 1 aromatic heterocycles. The van der Waals surface area contributed by atoms with Gasteiger partial charge in [-0.1, -0.05) is 12.1 Å². The summed E-state index contributed by atoms with van der Waals surface area (Å²) in [6, 6.07) is 10.1. The first-order chi connectivity index (χ1) is 12.4. The van der Waals surface area contributed by atoms with Gasteiger partial charge < -0.3 is 14.5 Å². The Morgan fingerprint density at radius 2 is 2.04 bits per heavy atom. The molecule has 9 heteroatoms. The van der Waals surface area contributed by atoms with E-state index in [1.807, 2.05) is 17.0 Å². The van der Waals surface area contributed by atoms with Crippen molar-refractivity contribution in [3.05, 3.63) is 54.0 Å². The van der Waals surface area contributed by atoms with Crippen molar-refractivity contribution < 1.29 is 27.1 Å². The molecule has 1 amide bonds. The van der Waals surface area contributed by atoms with E-state index in [0.29, 0.717) is 19.5 Å². The molecule has 150 valence electrons. The van der Waals surface area contributed by atoms with E-state index in [-0.39, 0.29) is 30.6 Å². The fourth-order valence-corrected chi connectivity index (χ4v) is 2.36. The minimum atomic E-state index is -4.37. The van der Waals surface area contributed by atoms with Crippen molar-refractivity contribution >= 4 is 18.3 Å². The van der Waals surface area contributed by atoms with Crippen LogP contribution >= 0.6 is 12.4 Å². The largest absolute Gasteiger partial charge is 0.484 e. The number of benzene rings is 1. The number of rotatable bonds is 9. The van der Waals surface area contributed by atoms with E-state index in [0.717, 1.165) is 11.3 Å². The summed E-state index contributed by atoms with van der Waals surface area (Å²) in [5.74, 6) is 0.777. The highest BCUT2D eigenvalue weighted by Crippen LogP contribution is 2.20. The van der Waals surface area contributed by atoms with E-state index in [2.05, 4.69) is 5.32 Å². The molecular weight excluding hydrogens is 385 g/mol. The second-order valence-electron chi connectivity index (χ2n) is 5.76. The Morgan fingerprint density at radius 1 is 1.26 bits per heavy atom. The zero-order valence-electron chi connectivity index (χ0n) is 14.8. The van der Waals surface area contributed by atoms with Crippen molar-refractivity contribution in [3.63, 3.8) is 0 Å². The maximum absolute atomic E-state index is 12.3. The summed E-state index contributed by atoms with van der Waals surface area (Å²) in [5, 5.41) is 2.58. The second-order valence-corrected chi connectivity index (χ2v) is 5.76. The van der Waals surface area contributed by atoms with Gasteiger partial charge in [-0.05, 0) is 36.2 Å². The van der Waals surface area contributed by atoms with Crippen molar-refractivity contribution in [3.8, 4) is 5.75 Å². The summed E-state index contributed by atoms with van der Waals surface area (Å²) in [6.45, 7) is -0.124. The minimum absolute atomic E-state index is 0. The van der Waals surface area contributed by atoms with Crippen molar-refractivity contribution in [1.82, 2.24) is 10.2 Å². The van der Waals surface area contributed by atoms with Crippen LogP contribution < -0.4 is 10.1 Å². The topological polar surface area (TPSA) is 54.7 Å². The van der Waals surface area contributed by atoms with Gasteiger partial charge in [0, 0.05) is 13.6 Å². The summed E-state index contributed by atoms with van der Waals surface area (Å²) in [6.07, 6.45) is -2.25. The number of carbonyl (C=O) groups is 1. The molecule has 0 aliphatic rings. The van der Waals surface area contributed by atoms with Gasteiger partial charge in [-0.3, -0.25) is 9.69 Å². The zero-order valence-corrected chi connectivity index (χ0v) is 15.6. The Labute approximate surface area is 161 Å². The van der Waals surface area contributed by atoms with Crippen LogP contribution in [0.3, 0.4) is 0 Å². The van der Waals surface area contributed by atoms with Gasteiger partial charge >= 0.3 is 6.18 Å². The van der Waals surface area contributed by atoms with E-state index in [9.17, 15) is 18.0 Å². The number of amides is 1. The number of ether oxygens (including phenoxy) is 1. The SMILES string of the molecule is CNC(=O)CN(CCc1cccc(OCC(F)(F)F)c1)Cc1ccco1.Cl. The number of carbonyl (C=O) groups excluding carboxylic acids is 1. The van der Waals surface area contributed by atoms with Crippen molar-refractivity contribution in [1.29, 1.82) is 0 Å². The maximum atomic E-state index is 12.3. The third-order valence-electron chi connectivity index (χ3n) is 3.62. The Morgan fingerprint density at radius 3 is 2.67 bits per heavy atom. The van der Waals surface area contributed by atoms with Crippen LogP contribution in [-0.2, 0) is 17.8 Å². The molecule has 5 nitrogen and oxygen atoms in total.